The van der Waals surface area contributed by atoms with E-state index in [9.17, 15) is 19.2 Å². The highest BCUT2D eigenvalue weighted by Crippen LogP contribution is 2.19. The fraction of sp³-hybridized carbons (Fsp3) is 0.227. The van der Waals surface area contributed by atoms with E-state index in [1.54, 1.807) is 50.2 Å². The molecular formula is C22H21N5O5. The van der Waals surface area contributed by atoms with E-state index in [-0.39, 0.29) is 22.9 Å². The first-order chi connectivity index (χ1) is 15.4. The first kappa shape index (κ1) is 21.0. The summed E-state index contributed by atoms with van der Waals surface area (Å²) in [6, 6.07) is 12.7. The van der Waals surface area contributed by atoms with Crippen molar-refractivity contribution in [3.05, 3.63) is 70.1 Å². The number of carbonyl (C=O) groups is 3. The van der Waals surface area contributed by atoms with Gasteiger partial charge >= 0.3 is 6.09 Å². The molecule has 0 atom stereocenters. The highest BCUT2D eigenvalue weighted by Gasteiger charge is 2.24. The summed E-state index contributed by atoms with van der Waals surface area (Å²) in [4.78, 5) is 50.9. The Morgan fingerprint density at radius 1 is 0.969 bits per heavy atom. The van der Waals surface area contributed by atoms with Gasteiger partial charge in [-0.3, -0.25) is 30.1 Å². The van der Waals surface area contributed by atoms with Gasteiger partial charge in [0.1, 0.15) is 6.61 Å². The number of cyclic esters (lactones) is 1. The van der Waals surface area contributed by atoms with Crippen LogP contribution < -0.4 is 21.3 Å². The maximum absolute atomic E-state index is 12.8. The quantitative estimate of drug-likeness (QED) is 0.605. The second kappa shape index (κ2) is 8.50. The Kier molecular flexibility index (Phi) is 5.59. The molecule has 1 saturated heterocycles. The van der Waals surface area contributed by atoms with Crippen molar-refractivity contribution in [3.8, 4) is 0 Å². The zero-order chi connectivity index (χ0) is 22.8. The first-order valence-corrected chi connectivity index (χ1v) is 10.0. The predicted octanol–water partition coefficient (Wildman–Crippen LogP) is 2.01. The van der Waals surface area contributed by atoms with E-state index in [1.807, 2.05) is 0 Å². The zero-order valence-electron chi connectivity index (χ0n) is 17.5. The van der Waals surface area contributed by atoms with Crippen LogP contribution in [0.4, 0.5) is 10.5 Å². The van der Waals surface area contributed by atoms with Crippen LogP contribution in [0.15, 0.2) is 53.3 Å². The number of fused-ring (bicyclic) bond motifs is 1. The number of hydrogen-bond donors (Lipinski definition) is 2. The van der Waals surface area contributed by atoms with Crippen molar-refractivity contribution < 1.29 is 19.1 Å². The summed E-state index contributed by atoms with van der Waals surface area (Å²) in [6.07, 6.45) is -0.433. The topological polar surface area (TPSA) is 123 Å². The molecule has 2 heterocycles. The summed E-state index contributed by atoms with van der Waals surface area (Å²) in [6.45, 7) is 4.34. The van der Waals surface area contributed by atoms with Crippen molar-refractivity contribution in [2.24, 2.45) is 0 Å². The minimum Gasteiger partial charge on any atom is -0.447 e. The molecule has 164 valence electrons. The third-order valence-corrected chi connectivity index (χ3v) is 5.02. The molecule has 0 unspecified atom stereocenters. The van der Waals surface area contributed by atoms with Gasteiger partial charge in [-0.25, -0.2) is 9.48 Å². The third kappa shape index (κ3) is 3.89. The van der Waals surface area contributed by atoms with E-state index in [2.05, 4.69) is 16.0 Å². The normalized spacial score (nSPS) is 13.3. The number of rotatable bonds is 4. The van der Waals surface area contributed by atoms with Crippen molar-refractivity contribution in [1.29, 1.82) is 0 Å². The van der Waals surface area contributed by atoms with Gasteiger partial charge in [0.25, 0.3) is 17.4 Å². The van der Waals surface area contributed by atoms with Crippen molar-refractivity contribution >= 4 is 34.4 Å². The molecule has 1 aliphatic heterocycles. The Bertz CT molecular complexity index is 1270. The van der Waals surface area contributed by atoms with Crippen molar-refractivity contribution in [3.63, 3.8) is 0 Å². The number of ether oxygens (including phenoxy) is 1. The van der Waals surface area contributed by atoms with Gasteiger partial charge in [-0.2, -0.15) is 5.10 Å². The van der Waals surface area contributed by atoms with Gasteiger partial charge in [0, 0.05) is 16.6 Å². The van der Waals surface area contributed by atoms with Crippen LogP contribution in [0.25, 0.3) is 10.8 Å². The SMILES string of the molecule is CC(C)n1nc(C(=O)NNC(=O)c2ccc(N3CCOC3=O)cc2)c2ccccc2c1=O. The molecular weight excluding hydrogens is 414 g/mol. The van der Waals surface area contributed by atoms with Gasteiger partial charge in [-0.05, 0) is 44.2 Å². The van der Waals surface area contributed by atoms with Crippen molar-refractivity contribution in [1.82, 2.24) is 20.6 Å². The molecule has 1 aromatic heterocycles. The van der Waals surface area contributed by atoms with E-state index >= 15 is 0 Å². The number of nitrogens with zero attached hydrogens (tertiary/aromatic N) is 3. The molecule has 0 saturated carbocycles. The maximum atomic E-state index is 12.8. The van der Waals surface area contributed by atoms with Gasteiger partial charge in [-0.15, -0.1) is 0 Å². The second-order valence-electron chi connectivity index (χ2n) is 7.46. The summed E-state index contributed by atoms with van der Waals surface area (Å²) in [5.41, 5.74) is 5.33. The Labute approximate surface area is 182 Å². The lowest BCUT2D eigenvalue weighted by molar-refractivity contribution is 0.0843. The molecule has 3 aromatic rings. The smallest absolute Gasteiger partial charge is 0.414 e. The largest absolute Gasteiger partial charge is 0.447 e. The molecule has 10 heteroatoms. The minimum absolute atomic E-state index is 0.0251. The van der Waals surface area contributed by atoms with Crippen LogP contribution >= 0.6 is 0 Å². The fourth-order valence-corrected chi connectivity index (χ4v) is 3.39. The average molecular weight is 435 g/mol. The Hall–Kier alpha value is -4.21. The summed E-state index contributed by atoms with van der Waals surface area (Å²) >= 11 is 0. The molecule has 2 N–H and O–H groups in total. The highest BCUT2D eigenvalue weighted by atomic mass is 16.6. The summed E-state index contributed by atoms with van der Waals surface area (Å²) in [5.74, 6) is -1.20. The number of hydrogen-bond acceptors (Lipinski definition) is 6. The Balaban J connectivity index is 1.51. The lowest BCUT2D eigenvalue weighted by atomic mass is 10.1. The molecule has 0 spiro atoms. The number of benzene rings is 2. The fourth-order valence-electron chi connectivity index (χ4n) is 3.39. The number of nitrogens with one attached hydrogen (secondary N) is 2. The Morgan fingerprint density at radius 3 is 2.25 bits per heavy atom. The molecule has 4 rings (SSSR count). The van der Waals surface area contributed by atoms with E-state index in [1.165, 1.54) is 21.7 Å². The van der Waals surface area contributed by atoms with Crippen LogP contribution in [0, 0.1) is 0 Å². The van der Waals surface area contributed by atoms with Gasteiger partial charge in [0.15, 0.2) is 5.69 Å². The van der Waals surface area contributed by atoms with Crippen LogP contribution in [-0.2, 0) is 4.74 Å². The van der Waals surface area contributed by atoms with Crippen molar-refractivity contribution in [2.75, 3.05) is 18.1 Å². The number of hydrazine groups is 1. The summed E-state index contributed by atoms with van der Waals surface area (Å²) in [5, 5.41) is 4.96. The molecule has 3 amide bonds. The molecule has 1 aliphatic rings. The van der Waals surface area contributed by atoms with E-state index in [0.29, 0.717) is 29.6 Å². The predicted molar refractivity (Wildman–Crippen MR) is 116 cm³/mol. The molecule has 10 nitrogen and oxygen atoms in total. The average Bonchev–Trinajstić information content (AvgIpc) is 3.23. The summed E-state index contributed by atoms with van der Waals surface area (Å²) < 4.78 is 6.14. The van der Waals surface area contributed by atoms with Gasteiger partial charge in [0.2, 0.25) is 0 Å². The Morgan fingerprint density at radius 2 is 1.62 bits per heavy atom. The van der Waals surface area contributed by atoms with E-state index < -0.39 is 17.9 Å². The van der Waals surface area contributed by atoms with Gasteiger partial charge in [0.05, 0.1) is 18.0 Å². The second-order valence-corrected chi connectivity index (χ2v) is 7.46. The van der Waals surface area contributed by atoms with Crippen LogP contribution in [-0.4, -0.2) is 40.8 Å². The third-order valence-electron chi connectivity index (χ3n) is 5.02. The van der Waals surface area contributed by atoms with Crippen LogP contribution in [0.3, 0.4) is 0 Å². The standard InChI is InChI=1S/C22H21N5O5/c1-13(2)27-21(30)17-6-4-3-5-16(17)18(25-27)20(29)24-23-19(28)14-7-9-15(10-8-14)26-11-12-32-22(26)31/h3-10,13H,11-12H2,1-2H3,(H,23,28)(H,24,29). The van der Waals surface area contributed by atoms with E-state index in [0.717, 1.165) is 0 Å². The highest BCUT2D eigenvalue weighted by molar-refractivity contribution is 6.06. The lowest BCUT2D eigenvalue weighted by Crippen LogP contribution is -2.43. The molecule has 0 aliphatic carbocycles. The number of carbonyl (C=O) groups excluding carboxylic acids is 3. The van der Waals surface area contributed by atoms with E-state index in [4.69, 9.17) is 4.74 Å². The molecule has 0 bridgehead atoms. The maximum Gasteiger partial charge on any atom is 0.414 e. The van der Waals surface area contributed by atoms with Gasteiger partial charge in [-0.1, -0.05) is 18.2 Å². The number of aromatic nitrogens is 2. The minimum atomic E-state index is -0.652. The van der Waals surface area contributed by atoms with Crippen LogP contribution in [0.1, 0.15) is 40.7 Å². The van der Waals surface area contributed by atoms with Gasteiger partial charge < -0.3 is 4.74 Å². The number of anilines is 1. The monoisotopic (exact) mass is 435 g/mol. The molecule has 0 radical (unpaired) electrons. The van der Waals surface area contributed by atoms with Crippen LogP contribution in [0.2, 0.25) is 0 Å². The number of amides is 3. The zero-order valence-corrected chi connectivity index (χ0v) is 17.5. The van der Waals surface area contributed by atoms with Crippen molar-refractivity contribution in [2.45, 2.75) is 19.9 Å². The summed E-state index contributed by atoms with van der Waals surface area (Å²) in [7, 11) is 0. The lowest BCUT2D eigenvalue weighted by Gasteiger charge is -2.14. The first-order valence-electron chi connectivity index (χ1n) is 10.0. The molecule has 2 aromatic carbocycles. The molecule has 32 heavy (non-hydrogen) atoms. The molecule has 1 fully saturated rings. The van der Waals surface area contributed by atoms with Crippen LogP contribution in [0.5, 0.6) is 0 Å².